The van der Waals surface area contributed by atoms with E-state index in [-0.39, 0.29) is 18.9 Å². The number of hydrogen-bond donors (Lipinski definition) is 1. The summed E-state index contributed by atoms with van der Waals surface area (Å²) in [6.07, 6.45) is 2.53. The zero-order chi connectivity index (χ0) is 15.8. The van der Waals surface area contributed by atoms with E-state index in [0.717, 1.165) is 17.4 Å². The van der Waals surface area contributed by atoms with Crippen molar-refractivity contribution in [1.82, 2.24) is 9.55 Å². The minimum atomic E-state index is -0.407. The second-order valence-electron chi connectivity index (χ2n) is 5.64. The Morgan fingerprint density at radius 1 is 1.26 bits per heavy atom. The van der Waals surface area contributed by atoms with Crippen molar-refractivity contribution in [2.45, 2.75) is 25.2 Å². The van der Waals surface area contributed by atoms with E-state index in [2.05, 4.69) is 4.98 Å². The molecule has 2 aromatic heterocycles. The molecule has 0 bridgehead atoms. The summed E-state index contributed by atoms with van der Waals surface area (Å²) < 4.78 is 12.8. The zero-order valence-corrected chi connectivity index (χ0v) is 12.4. The molecule has 1 N–H and O–H groups in total. The van der Waals surface area contributed by atoms with E-state index in [0.29, 0.717) is 17.9 Å². The fraction of sp³-hybridized carbons (Fsp3) is 0.294. The molecule has 3 heterocycles. The third-order valence-electron chi connectivity index (χ3n) is 4.09. The third kappa shape index (κ3) is 2.56. The number of aliphatic hydroxyl groups excluding tert-OH is 1. The minimum Gasteiger partial charge on any atom is -0.437 e. The van der Waals surface area contributed by atoms with Gasteiger partial charge in [0, 0.05) is 11.8 Å². The number of aromatic nitrogens is 2. The first-order valence-electron chi connectivity index (χ1n) is 7.59. The van der Waals surface area contributed by atoms with Crippen molar-refractivity contribution in [3.63, 3.8) is 0 Å². The quantitative estimate of drug-likeness (QED) is 0.803. The van der Waals surface area contributed by atoms with Crippen LogP contribution in [0.3, 0.4) is 0 Å². The lowest BCUT2D eigenvalue weighted by atomic mass is 10.2. The van der Waals surface area contributed by atoms with Crippen LogP contribution >= 0.6 is 0 Å². The Bertz CT molecular complexity index is 884. The molecule has 1 saturated heterocycles. The van der Waals surface area contributed by atoms with Crippen LogP contribution in [0.1, 0.15) is 19.1 Å². The maximum Gasteiger partial charge on any atom is 0.353 e. The maximum absolute atomic E-state index is 12.2. The highest BCUT2D eigenvalue weighted by molar-refractivity contribution is 5.79. The lowest BCUT2D eigenvalue weighted by Crippen LogP contribution is -2.27. The van der Waals surface area contributed by atoms with Gasteiger partial charge in [-0.2, -0.15) is 4.98 Å². The second kappa shape index (κ2) is 5.64. The Balaban J connectivity index is 1.74. The monoisotopic (exact) mass is 312 g/mol. The van der Waals surface area contributed by atoms with Crippen LogP contribution in [0.4, 0.5) is 0 Å². The predicted molar refractivity (Wildman–Crippen MR) is 83.9 cm³/mol. The van der Waals surface area contributed by atoms with Crippen LogP contribution in [0.2, 0.25) is 0 Å². The molecule has 4 rings (SSSR count). The average molecular weight is 312 g/mol. The fourth-order valence-corrected chi connectivity index (χ4v) is 2.90. The van der Waals surface area contributed by atoms with E-state index in [4.69, 9.17) is 14.3 Å². The van der Waals surface area contributed by atoms with Gasteiger partial charge in [0.15, 0.2) is 0 Å². The van der Waals surface area contributed by atoms with Crippen molar-refractivity contribution in [2.75, 3.05) is 6.61 Å². The van der Waals surface area contributed by atoms with Gasteiger partial charge in [0.2, 0.25) is 5.71 Å². The first-order chi connectivity index (χ1) is 11.2. The van der Waals surface area contributed by atoms with Crippen molar-refractivity contribution >= 4 is 11.1 Å². The van der Waals surface area contributed by atoms with Crippen LogP contribution in [0.5, 0.6) is 0 Å². The standard InChI is InChI=1S/C17H16N2O4/c20-10-13-6-7-15(22-13)19-9-12-8-14(11-4-2-1-3-5-11)23-16(12)18-17(19)21/h1-5,8-9,13,15,20H,6-7,10H2/t13-,15?/m0/s1. The van der Waals surface area contributed by atoms with Crippen LogP contribution < -0.4 is 5.69 Å². The number of furan rings is 1. The minimum absolute atomic E-state index is 0.0369. The van der Waals surface area contributed by atoms with Gasteiger partial charge in [-0.05, 0) is 18.9 Å². The molecule has 6 heteroatoms. The van der Waals surface area contributed by atoms with E-state index >= 15 is 0 Å². The molecule has 1 aliphatic heterocycles. The number of aliphatic hydroxyl groups is 1. The molecule has 0 aliphatic carbocycles. The molecule has 3 aromatic rings. The van der Waals surface area contributed by atoms with Gasteiger partial charge in [-0.1, -0.05) is 30.3 Å². The Hall–Kier alpha value is -2.44. The van der Waals surface area contributed by atoms with E-state index in [1.165, 1.54) is 4.57 Å². The molecular weight excluding hydrogens is 296 g/mol. The number of fused-ring (bicyclic) bond motifs is 1. The summed E-state index contributed by atoms with van der Waals surface area (Å²) in [5, 5.41) is 9.91. The molecule has 1 fully saturated rings. The molecular formula is C17H16N2O4. The Labute approximate surface area is 132 Å². The van der Waals surface area contributed by atoms with E-state index in [1.54, 1.807) is 6.20 Å². The Morgan fingerprint density at radius 3 is 2.83 bits per heavy atom. The average Bonchev–Trinajstić information content (AvgIpc) is 3.21. The number of ether oxygens (including phenoxy) is 1. The highest BCUT2D eigenvalue weighted by Crippen LogP contribution is 2.29. The van der Waals surface area contributed by atoms with Crippen LogP contribution in [0.25, 0.3) is 22.4 Å². The van der Waals surface area contributed by atoms with Gasteiger partial charge in [0.1, 0.15) is 12.0 Å². The van der Waals surface area contributed by atoms with Crippen molar-refractivity contribution in [3.05, 3.63) is 53.1 Å². The summed E-state index contributed by atoms with van der Waals surface area (Å²) in [6.45, 7) is -0.0369. The van der Waals surface area contributed by atoms with Crippen LogP contribution in [0.15, 0.2) is 51.8 Å². The Morgan fingerprint density at radius 2 is 2.09 bits per heavy atom. The first-order valence-corrected chi connectivity index (χ1v) is 7.59. The topological polar surface area (TPSA) is 77.5 Å². The summed E-state index contributed by atoms with van der Waals surface area (Å²) in [6, 6.07) is 11.5. The van der Waals surface area contributed by atoms with Crippen LogP contribution in [-0.4, -0.2) is 27.4 Å². The van der Waals surface area contributed by atoms with E-state index in [1.807, 2.05) is 36.4 Å². The van der Waals surface area contributed by atoms with Crippen LogP contribution in [-0.2, 0) is 4.74 Å². The normalized spacial score (nSPS) is 21.1. The van der Waals surface area contributed by atoms with Crippen molar-refractivity contribution in [3.8, 4) is 11.3 Å². The largest absolute Gasteiger partial charge is 0.437 e. The lowest BCUT2D eigenvalue weighted by Gasteiger charge is -2.14. The Kier molecular flexibility index (Phi) is 3.48. The fourth-order valence-electron chi connectivity index (χ4n) is 2.90. The van der Waals surface area contributed by atoms with Gasteiger partial charge in [0.25, 0.3) is 0 Å². The molecule has 0 amide bonds. The van der Waals surface area contributed by atoms with Gasteiger partial charge in [0.05, 0.1) is 18.1 Å². The van der Waals surface area contributed by atoms with Crippen molar-refractivity contribution in [2.24, 2.45) is 0 Å². The first kappa shape index (κ1) is 14.2. The lowest BCUT2D eigenvalue weighted by molar-refractivity contribution is -0.0243. The molecule has 6 nitrogen and oxygen atoms in total. The molecule has 0 radical (unpaired) electrons. The molecule has 118 valence electrons. The molecule has 2 atom stereocenters. The second-order valence-corrected chi connectivity index (χ2v) is 5.64. The van der Waals surface area contributed by atoms with Crippen molar-refractivity contribution in [1.29, 1.82) is 0 Å². The number of nitrogens with zero attached hydrogens (tertiary/aromatic N) is 2. The van der Waals surface area contributed by atoms with Crippen molar-refractivity contribution < 1.29 is 14.3 Å². The van der Waals surface area contributed by atoms with E-state index in [9.17, 15) is 4.79 Å². The zero-order valence-electron chi connectivity index (χ0n) is 12.4. The van der Waals surface area contributed by atoms with Crippen LogP contribution in [0, 0.1) is 0 Å². The summed E-state index contributed by atoms with van der Waals surface area (Å²) in [5.74, 6) is 0.672. The predicted octanol–water partition coefficient (Wildman–Crippen LogP) is 2.33. The summed E-state index contributed by atoms with van der Waals surface area (Å²) in [5.41, 5.74) is 0.846. The molecule has 0 saturated carbocycles. The highest BCUT2D eigenvalue weighted by atomic mass is 16.5. The number of hydrogen-bond acceptors (Lipinski definition) is 5. The molecule has 1 aliphatic rings. The molecule has 0 spiro atoms. The summed E-state index contributed by atoms with van der Waals surface area (Å²) in [7, 11) is 0. The van der Waals surface area contributed by atoms with Gasteiger partial charge < -0.3 is 14.3 Å². The van der Waals surface area contributed by atoms with Gasteiger partial charge in [-0.3, -0.25) is 4.57 Å². The van der Waals surface area contributed by atoms with Gasteiger partial charge in [-0.15, -0.1) is 0 Å². The summed E-state index contributed by atoms with van der Waals surface area (Å²) >= 11 is 0. The molecule has 23 heavy (non-hydrogen) atoms. The van der Waals surface area contributed by atoms with Gasteiger partial charge >= 0.3 is 5.69 Å². The smallest absolute Gasteiger partial charge is 0.353 e. The number of rotatable bonds is 3. The van der Waals surface area contributed by atoms with Gasteiger partial charge in [-0.25, -0.2) is 4.79 Å². The number of benzene rings is 1. The highest BCUT2D eigenvalue weighted by Gasteiger charge is 2.27. The molecule has 1 aromatic carbocycles. The third-order valence-corrected chi connectivity index (χ3v) is 4.09. The SMILES string of the molecule is O=c1nc2oc(-c3ccccc3)cc2cn1C1CC[C@@H](CO)O1. The molecule has 1 unspecified atom stereocenters. The summed E-state index contributed by atoms with van der Waals surface area (Å²) in [4.78, 5) is 16.2. The maximum atomic E-state index is 12.2. The van der Waals surface area contributed by atoms with E-state index < -0.39 is 5.69 Å².